The Labute approximate surface area is 135 Å². The minimum Gasteiger partial charge on any atom is -0.324 e. The van der Waals surface area contributed by atoms with Crippen LogP contribution < -0.4 is 10.5 Å². The van der Waals surface area contributed by atoms with Crippen molar-refractivity contribution in [1.82, 2.24) is 9.03 Å². The van der Waals surface area contributed by atoms with Crippen LogP contribution in [0.5, 0.6) is 0 Å². The van der Waals surface area contributed by atoms with Crippen molar-refractivity contribution >= 4 is 22.6 Å². The monoisotopic (exact) mass is 339 g/mol. The average molecular weight is 340 g/mol. The minimum atomic E-state index is -3.38. The number of nitrogens with one attached hydrogen (secondary N) is 1. The molecule has 3 N–H and O–H groups in total. The lowest BCUT2D eigenvalue weighted by Crippen LogP contribution is -2.55. The van der Waals surface area contributed by atoms with Gasteiger partial charge in [0.2, 0.25) is 0 Å². The van der Waals surface area contributed by atoms with Gasteiger partial charge < -0.3 is 5.73 Å². The Bertz CT molecular complexity index is 414. The molecule has 0 radical (unpaired) electrons. The second-order valence-electron chi connectivity index (χ2n) is 7.01. The fourth-order valence-electron chi connectivity index (χ4n) is 3.56. The van der Waals surface area contributed by atoms with E-state index >= 15 is 0 Å². The molecule has 0 amide bonds. The molecule has 1 aliphatic carbocycles. The maximum absolute atomic E-state index is 12.4. The van der Waals surface area contributed by atoms with Crippen molar-refractivity contribution in [2.24, 2.45) is 17.6 Å². The van der Waals surface area contributed by atoms with Crippen molar-refractivity contribution in [2.45, 2.75) is 57.9 Å². The molecule has 1 aliphatic heterocycles. The molecule has 0 aromatic heterocycles. The number of nitrogens with two attached hydrogens (primary N) is 1. The van der Waals surface area contributed by atoms with Crippen LogP contribution in [0.3, 0.4) is 0 Å². The topological polar surface area (TPSA) is 75.4 Å². The van der Waals surface area contributed by atoms with Gasteiger partial charge in [-0.15, -0.1) is 12.4 Å². The number of rotatable bonds is 4. The van der Waals surface area contributed by atoms with Crippen LogP contribution in [0, 0.1) is 11.8 Å². The highest BCUT2D eigenvalue weighted by atomic mass is 35.5. The smallest absolute Gasteiger partial charge is 0.279 e. The SMILES string of the molecule is CC1CC(C)CN(S(=O)(=O)NCC2(N)CCCCC2)C1.Cl. The molecular formula is C14H30ClN3O2S. The summed E-state index contributed by atoms with van der Waals surface area (Å²) in [4.78, 5) is 0. The molecule has 7 heteroatoms. The van der Waals surface area contributed by atoms with E-state index in [1.807, 2.05) is 0 Å². The van der Waals surface area contributed by atoms with Crippen molar-refractivity contribution in [3.8, 4) is 0 Å². The summed E-state index contributed by atoms with van der Waals surface area (Å²) in [5.41, 5.74) is 5.96. The molecule has 0 aromatic rings. The van der Waals surface area contributed by atoms with Crippen LogP contribution in [0.1, 0.15) is 52.4 Å². The van der Waals surface area contributed by atoms with Crippen LogP contribution in [0.4, 0.5) is 0 Å². The first-order valence-electron chi connectivity index (χ1n) is 7.84. The van der Waals surface area contributed by atoms with Crippen LogP contribution in [0.15, 0.2) is 0 Å². The number of piperidine rings is 1. The summed E-state index contributed by atoms with van der Waals surface area (Å²) in [6.07, 6.45) is 6.37. The van der Waals surface area contributed by atoms with E-state index in [2.05, 4.69) is 18.6 Å². The summed E-state index contributed by atoms with van der Waals surface area (Å²) < 4.78 is 29.2. The third kappa shape index (κ3) is 5.36. The predicted octanol–water partition coefficient (Wildman–Crippen LogP) is 1.88. The molecule has 2 atom stereocenters. The lowest BCUT2D eigenvalue weighted by molar-refractivity contribution is 0.218. The first-order valence-corrected chi connectivity index (χ1v) is 9.28. The first-order chi connectivity index (χ1) is 9.31. The molecule has 2 fully saturated rings. The van der Waals surface area contributed by atoms with E-state index in [1.165, 1.54) is 6.42 Å². The summed E-state index contributed by atoms with van der Waals surface area (Å²) >= 11 is 0. The van der Waals surface area contributed by atoms with Crippen LogP contribution in [-0.2, 0) is 10.2 Å². The minimum absolute atomic E-state index is 0. The predicted molar refractivity (Wildman–Crippen MR) is 88.7 cm³/mol. The molecule has 2 unspecified atom stereocenters. The molecule has 1 saturated heterocycles. The van der Waals surface area contributed by atoms with E-state index in [-0.39, 0.29) is 17.9 Å². The third-order valence-corrected chi connectivity index (χ3v) is 6.12. The number of halogens is 1. The van der Waals surface area contributed by atoms with E-state index in [4.69, 9.17) is 5.73 Å². The van der Waals surface area contributed by atoms with Crippen molar-refractivity contribution in [1.29, 1.82) is 0 Å². The molecule has 0 bridgehead atoms. The zero-order valence-electron chi connectivity index (χ0n) is 13.2. The maximum Gasteiger partial charge on any atom is 0.279 e. The zero-order valence-corrected chi connectivity index (χ0v) is 14.8. The van der Waals surface area contributed by atoms with Gasteiger partial charge in [-0.2, -0.15) is 12.7 Å². The Morgan fingerprint density at radius 2 is 1.67 bits per heavy atom. The summed E-state index contributed by atoms with van der Waals surface area (Å²) in [5.74, 6) is 0.855. The van der Waals surface area contributed by atoms with Gasteiger partial charge in [0.05, 0.1) is 0 Å². The van der Waals surface area contributed by atoms with Gasteiger partial charge in [0.15, 0.2) is 0 Å². The fraction of sp³-hybridized carbons (Fsp3) is 1.00. The largest absolute Gasteiger partial charge is 0.324 e. The fourth-order valence-corrected chi connectivity index (χ4v) is 5.11. The third-order valence-electron chi connectivity index (χ3n) is 4.63. The van der Waals surface area contributed by atoms with Gasteiger partial charge in [-0.3, -0.25) is 0 Å². The van der Waals surface area contributed by atoms with Crippen LogP contribution in [0.25, 0.3) is 0 Å². The van der Waals surface area contributed by atoms with Gasteiger partial charge in [0.25, 0.3) is 10.2 Å². The van der Waals surface area contributed by atoms with E-state index in [1.54, 1.807) is 4.31 Å². The molecule has 5 nitrogen and oxygen atoms in total. The summed E-state index contributed by atoms with van der Waals surface area (Å²) in [5, 5.41) is 0. The van der Waals surface area contributed by atoms with Gasteiger partial charge in [-0.05, 0) is 31.1 Å². The van der Waals surface area contributed by atoms with Gasteiger partial charge in [0.1, 0.15) is 0 Å². The highest BCUT2D eigenvalue weighted by Crippen LogP contribution is 2.26. The van der Waals surface area contributed by atoms with Crippen LogP contribution in [-0.4, -0.2) is 37.9 Å². The van der Waals surface area contributed by atoms with Gasteiger partial charge in [-0.1, -0.05) is 33.1 Å². The normalized spacial score (nSPS) is 30.6. The molecule has 21 heavy (non-hydrogen) atoms. The van der Waals surface area contributed by atoms with Crippen LogP contribution >= 0.6 is 12.4 Å². The van der Waals surface area contributed by atoms with E-state index < -0.39 is 10.2 Å². The quantitative estimate of drug-likeness (QED) is 0.821. The Morgan fingerprint density at radius 3 is 2.19 bits per heavy atom. The summed E-state index contributed by atoms with van der Waals surface area (Å²) in [7, 11) is -3.38. The lowest BCUT2D eigenvalue weighted by Gasteiger charge is -2.37. The van der Waals surface area contributed by atoms with E-state index in [9.17, 15) is 8.42 Å². The number of hydrogen-bond donors (Lipinski definition) is 2. The molecular weight excluding hydrogens is 310 g/mol. The zero-order chi connectivity index (χ0) is 14.8. The van der Waals surface area contributed by atoms with Crippen molar-refractivity contribution < 1.29 is 8.42 Å². The molecule has 1 saturated carbocycles. The standard InChI is InChI=1S/C14H29N3O2S.ClH/c1-12-8-13(2)10-17(9-12)20(18,19)16-11-14(15)6-4-3-5-7-14;/h12-13,16H,3-11,15H2,1-2H3;1H. The Morgan fingerprint density at radius 1 is 1.14 bits per heavy atom. The second-order valence-corrected chi connectivity index (χ2v) is 8.77. The van der Waals surface area contributed by atoms with Gasteiger partial charge in [-0.25, -0.2) is 4.72 Å². The van der Waals surface area contributed by atoms with Crippen LogP contribution in [0.2, 0.25) is 0 Å². The molecule has 2 rings (SSSR count). The van der Waals surface area contributed by atoms with E-state index in [0.29, 0.717) is 31.5 Å². The van der Waals surface area contributed by atoms with Crippen molar-refractivity contribution in [2.75, 3.05) is 19.6 Å². The molecule has 2 aliphatic rings. The highest BCUT2D eigenvalue weighted by Gasteiger charge is 2.33. The highest BCUT2D eigenvalue weighted by molar-refractivity contribution is 7.87. The maximum atomic E-state index is 12.4. The van der Waals surface area contributed by atoms with Crippen molar-refractivity contribution in [3.63, 3.8) is 0 Å². The molecule has 0 aromatic carbocycles. The second kappa shape index (κ2) is 7.59. The van der Waals surface area contributed by atoms with Crippen molar-refractivity contribution in [3.05, 3.63) is 0 Å². The summed E-state index contributed by atoms with van der Waals surface area (Å²) in [6.45, 7) is 5.84. The molecule has 126 valence electrons. The number of nitrogens with zero attached hydrogens (tertiary/aromatic N) is 1. The Hall–Kier alpha value is 0.120. The Balaban J connectivity index is 0.00000220. The molecule has 0 spiro atoms. The lowest BCUT2D eigenvalue weighted by atomic mass is 9.83. The Kier molecular flexibility index (Phi) is 6.93. The number of hydrogen-bond acceptors (Lipinski definition) is 3. The molecule has 1 heterocycles. The first kappa shape index (κ1) is 19.2. The van der Waals surface area contributed by atoms with Gasteiger partial charge in [0, 0.05) is 25.2 Å². The average Bonchev–Trinajstić information content (AvgIpc) is 2.37. The summed E-state index contributed by atoms with van der Waals surface area (Å²) in [6, 6.07) is 0. The van der Waals surface area contributed by atoms with Gasteiger partial charge >= 0.3 is 0 Å². The van der Waals surface area contributed by atoms with E-state index in [0.717, 1.165) is 32.1 Å².